The van der Waals surface area contributed by atoms with Gasteiger partial charge in [0.25, 0.3) is 5.91 Å². The molecule has 1 aromatic heterocycles. The highest BCUT2D eigenvalue weighted by atomic mass is 32.2. The van der Waals surface area contributed by atoms with Crippen LogP contribution in [0.15, 0.2) is 52.2 Å². The number of aromatic amines is 1. The molecule has 0 fully saturated rings. The molecular formula is C15H14N2O2S. The van der Waals surface area contributed by atoms with E-state index in [0.717, 1.165) is 17.7 Å². The summed E-state index contributed by atoms with van der Waals surface area (Å²) in [5.74, 6) is 0.738. The fraction of sp³-hybridized carbons (Fsp3) is 0.200. The topological polar surface area (TPSA) is 62.0 Å². The van der Waals surface area contributed by atoms with E-state index in [1.54, 1.807) is 12.1 Å². The molecule has 1 aliphatic rings. The van der Waals surface area contributed by atoms with E-state index in [-0.39, 0.29) is 17.5 Å². The van der Waals surface area contributed by atoms with Crippen LogP contribution in [0, 0.1) is 0 Å². The lowest BCUT2D eigenvalue weighted by molar-refractivity contribution is 0.0929. The molecule has 0 saturated carbocycles. The van der Waals surface area contributed by atoms with Crippen molar-refractivity contribution >= 4 is 17.7 Å². The van der Waals surface area contributed by atoms with Crippen LogP contribution in [0.3, 0.4) is 0 Å². The van der Waals surface area contributed by atoms with Gasteiger partial charge in [0, 0.05) is 16.7 Å². The molecule has 1 unspecified atom stereocenters. The van der Waals surface area contributed by atoms with E-state index < -0.39 is 0 Å². The standard InChI is InChI=1S/C15H14N2O2S/c18-14-7-3-5-12(16-14)15(19)17-11-8-9-20-13-6-2-1-4-10(11)13/h1-7,11H,8-9H2,(H,16,18)(H,17,19). The van der Waals surface area contributed by atoms with Crippen molar-refractivity contribution < 1.29 is 4.79 Å². The summed E-state index contributed by atoms with van der Waals surface area (Å²) in [6.07, 6.45) is 0.893. The highest BCUT2D eigenvalue weighted by Gasteiger charge is 2.22. The number of H-pyrrole nitrogens is 1. The zero-order valence-electron chi connectivity index (χ0n) is 10.8. The fourth-order valence-corrected chi connectivity index (χ4v) is 3.43. The molecule has 3 rings (SSSR count). The molecule has 102 valence electrons. The summed E-state index contributed by atoms with van der Waals surface area (Å²) in [5.41, 5.74) is 1.18. The maximum atomic E-state index is 12.2. The van der Waals surface area contributed by atoms with Gasteiger partial charge in [0.2, 0.25) is 5.56 Å². The van der Waals surface area contributed by atoms with Gasteiger partial charge in [-0.15, -0.1) is 11.8 Å². The lowest BCUT2D eigenvalue weighted by Crippen LogP contribution is -2.32. The average molecular weight is 286 g/mol. The molecule has 1 aromatic carbocycles. The summed E-state index contributed by atoms with van der Waals surface area (Å²) in [4.78, 5) is 27.2. The molecule has 20 heavy (non-hydrogen) atoms. The highest BCUT2D eigenvalue weighted by molar-refractivity contribution is 7.99. The summed E-state index contributed by atoms with van der Waals surface area (Å²) >= 11 is 1.81. The quantitative estimate of drug-likeness (QED) is 0.890. The van der Waals surface area contributed by atoms with Crippen molar-refractivity contribution in [3.63, 3.8) is 0 Å². The second-order valence-electron chi connectivity index (χ2n) is 4.63. The molecular weight excluding hydrogens is 272 g/mol. The highest BCUT2D eigenvalue weighted by Crippen LogP contribution is 2.35. The minimum Gasteiger partial charge on any atom is -0.344 e. The Kier molecular flexibility index (Phi) is 3.60. The number of rotatable bonds is 2. The van der Waals surface area contributed by atoms with Crippen LogP contribution in [-0.2, 0) is 0 Å². The smallest absolute Gasteiger partial charge is 0.268 e. The third-order valence-electron chi connectivity index (χ3n) is 3.28. The Morgan fingerprint density at radius 2 is 2.05 bits per heavy atom. The number of pyridine rings is 1. The Morgan fingerprint density at radius 1 is 1.20 bits per heavy atom. The second-order valence-corrected chi connectivity index (χ2v) is 5.77. The van der Waals surface area contributed by atoms with Crippen LogP contribution in [0.25, 0.3) is 0 Å². The van der Waals surface area contributed by atoms with Crippen LogP contribution in [0.5, 0.6) is 0 Å². The molecule has 0 saturated heterocycles. The van der Waals surface area contributed by atoms with Crippen molar-refractivity contribution in [3.8, 4) is 0 Å². The van der Waals surface area contributed by atoms with Crippen LogP contribution in [0.2, 0.25) is 0 Å². The number of fused-ring (bicyclic) bond motifs is 1. The molecule has 2 heterocycles. The van der Waals surface area contributed by atoms with Crippen molar-refractivity contribution in [2.45, 2.75) is 17.4 Å². The molecule has 5 heteroatoms. The van der Waals surface area contributed by atoms with E-state index in [0.29, 0.717) is 5.69 Å². The summed E-state index contributed by atoms with van der Waals surface area (Å²) < 4.78 is 0. The normalized spacial score (nSPS) is 17.3. The minimum absolute atomic E-state index is 0.00339. The molecule has 0 bridgehead atoms. The summed E-state index contributed by atoms with van der Waals surface area (Å²) in [7, 11) is 0. The molecule has 0 spiro atoms. The minimum atomic E-state index is -0.266. The largest absolute Gasteiger partial charge is 0.344 e. The third kappa shape index (κ3) is 2.63. The van der Waals surface area contributed by atoms with E-state index in [9.17, 15) is 9.59 Å². The zero-order chi connectivity index (χ0) is 13.9. The number of carbonyl (C=O) groups is 1. The zero-order valence-corrected chi connectivity index (χ0v) is 11.6. The van der Waals surface area contributed by atoms with Crippen LogP contribution in [0.1, 0.15) is 28.5 Å². The summed E-state index contributed by atoms with van der Waals surface area (Å²) in [5, 5.41) is 3.00. The molecule has 2 N–H and O–H groups in total. The number of carbonyl (C=O) groups excluding carboxylic acids is 1. The Balaban J connectivity index is 1.82. The van der Waals surface area contributed by atoms with Gasteiger partial charge in [-0.2, -0.15) is 0 Å². The van der Waals surface area contributed by atoms with Crippen LogP contribution >= 0.6 is 11.8 Å². The van der Waals surface area contributed by atoms with Gasteiger partial charge < -0.3 is 10.3 Å². The number of aromatic nitrogens is 1. The van der Waals surface area contributed by atoms with Gasteiger partial charge in [0.15, 0.2) is 0 Å². The van der Waals surface area contributed by atoms with Crippen molar-refractivity contribution in [1.82, 2.24) is 10.3 Å². The Labute approximate surface area is 120 Å². The third-order valence-corrected chi connectivity index (χ3v) is 4.40. The van der Waals surface area contributed by atoms with Crippen molar-refractivity contribution in [2.75, 3.05) is 5.75 Å². The average Bonchev–Trinajstić information content (AvgIpc) is 2.47. The predicted octanol–water partition coefficient (Wildman–Crippen LogP) is 2.34. The summed E-state index contributed by atoms with van der Waals surface area (Å²) in [6.45, 7) is 0. The number of hydrogen-bond donors (Lipinski definition) is 2. The van der Waals surface area contributed by atoms with E-state index in [1.165, 1.54) is 11.0 Å². The van der Waals surface area contributed by atoms with Gasteiger partial charge in [0.05, 0.1) is 6.04 Å². The lowest BCUT2D eigenvalue weighted by Gasteiger charge is -2.25. The number of amides is 1. The first-order valence-corrected chi connectivity index (χ1v) is 7.44. The molecule has 1 atom stereocenters. The second kappa shape index (κ2) is 5.54. The van der Waals surface area contributed by atoms with Crippen LogP contribution in [-0.4, -0.2) is 16.6 Å². The molecule has 1 amide bonds. The van der Waals surface area contributed by atoms with E-state index in [4.69, 9.17) is 0 Å². The van der Waals surface area contributed by atoms with Crippen LogP contribution < -0.4 is 10.9 Å². The van der Waals surface area contributed by atoms with Crippen molar-refractivity contribution in [2.24, 2.45) is 0 Å². The predicted molar refractivity (Wildman–Crippen MR) is 79.1 cm³/mol. The van der Waals surface area contributed by atoms with Crippen molar-refractivity contribution in [3.05, 3.63) is 64.1 Å². The first kappa shape index (κ1) is 13.0. The first-order chi connectivity index (χ1) is 9.74. The maximum absolute atomic E-state index is 12.2. The van der Waals surface area contributed by atoms with Crippen LogP contribution in [0.4, 0.5) is 0 Å². The van der Waals surface area contributed by atoms with Gasteiger partial charge in [-0.3, -0.25) is 9.59 Å². The lowest BCUT2D eigenvalue weighted by atomic mass is 10.0. The molecule has 0 aliphatic carbocycles. The van der Waals surface area contributed by atoms with E-state index in [1.807, 2.05) is 30.0 Å². The maximum Gasteiger partial charge on any atom is 0.268 e. The van der Waals surface area contributed by atoms with Gasteiger partial charge in [-0.25, -0.2) is 0 Å². The number of nitrogens with one attached hydrogen (secondary N) is 2. The van der Waals surface area contributed by atoms with E-state index >= 15 is 0 Å². The summed E-state index contributed by atoms with van der Waals surface area (Å²) in [6, 6.07) is 12.7. The van der Waals surface area contributed by atoms with Gasteiger partial charge in [-0.05, 0) is 24.1 Å². The molecule has 2 aromatic rings. The van der Waals surface area contributed by atoms with E-state index in [2.05, 4.69) is 16.4 Å². The molecule has 1 aliphatic heterocycles. The number of benzene rings is 1. The van der Waals surface area contributed by atoms with Gasteiger partial charge in [-0.1, -0.05) is 24.3 Å². The Hall–Kier alpha value is -2.01. The Bertz CT molecular complexity index is 696. The number of thioether (sulfide) groups is 1. The van der Waals surface area contributed by atoms with Gasteiger partial charge >= 0.3 is 0 Å². The first-order valence-electron chi connectivity index (χ1n) is 6.46. The molecule has 0 radical (unpaired) electrons. The number of hydrogen-bond acceptors (Lipinski definition) is 3. The van der Waals surface area contributed by atoms with Crippen molar-refractivity contribution in [1.29, 1.82) is 0 Å². The molecule has 4 nitrogen and oxygen atoms in total. The monoisotopic (exact) mass is 286 g/mol. The SMILES string of the molecule is O=C(NC1CCSc2ccccc21)c1cccc(=O)[nH]1. The van der Waals surface area contributed by atoms with Gasteiger partial charge in [0.1, 0.15) is 5.69 Å². The fourth-order valence-electron chi connectivity index (χ4n) is 2.31. The Morgan fingerprint density at radius 3 is 2.90 bits per heavy atom.